The number of hydrogen-bond acceptors (Lipinski definition) is 3. The molecule has 3 amide bonds. The van der Waals surface area contributed by atoms with Crippen LogP contribution in [0, 0.1) is 5.92 Å². The molecule has 7 nitrogen and oxygen atoms in total. The molecule has 0 saturated carbocycles. The molecule has 1 aliphatic heterocycles. The fourth-order valence-corrected chi connectivity index (χ4v) is 3.01. The Balaban J connectivity index is 1.61. The van der Waals surface area contributed by atoms with Crippen molar-refractivity contribution in [3.8, 4) is 5.69 Å². The lowest BCUT2D eigenvalue weighted by molar-refractivity contribution is -0.119. The number of nitrogens with two attached hydrogens (primary N) is 1. The Morgan fingerprint density at radius 2 is 2.08 bits per heavy atom. The summed E-state index contributed by atoms with van der Waals surface area (Å²) in [6.07, 6.45) is 5.54. The van der Waals surface area contributed by atoms with E-state index in [4.69, 9.17) is 5.73 Å². The van der Waals surface area contributed by atoms with E-state index in [2.05, 4.69) is 10.4 Å². The highest BCUT2D eigenvalue weighted by Crippen LogP contribution is 2.20. The van der Waals surface area contributed by atoms with Crippen LogP contribution in [0.25, 0.3) is 5.69 Å². The number of carbonyl (C=O) groups excluding carboxylic acids is 2. The minimum absolute atomic E-state index is 0.147. The molecule has 1 aromatic carbocycles. The highest BCUT2D eigenvalue weighted by atomic mass is 16.2. The standard InChI is InChI=1S/C17H21N5O2/c18-16(23)9-13-5-4-8-21(11-13)17(24)20-14-10-19-22(12-14)15-6-2-1-3-7-15/h1-3,6-7,10,12-13H,4-5,8-9,11H2,(H2,18,23)(H,20,24). The number of likely N-dealkylation sites (tertiary alicyclic amines) is 1. The Hall–Kier alpha value is -2.83. The van der Waals surface area contributed by atoms with Crippen LogP contribution in [-0.4, -0.2) is 39.7 Å². The van der Waals surface area contributed by atoms with Gasteiger partial charge >= 0.3 is 6.03 Å². The minimum atomic E-state index is -0.314. The van der Waals surface area contributed by atoms with Crippen molar-refractivity contribution in [2.45, 2.75) is 19.3 Å². The number of para-hydroxylation sites is 1. The van der Waals surface area contributed by atoms with E-state index in [1.165, 1.54) is 0 Å². The number of nitrogens with zero attached hydrogens (tertiary/aromatic N) is 3. The molecule has 1 unspecified atom stereocenters. The van der Waals surface area contributed by atoms with Gasteiger partial charge in [0.15, 0.2) is 0 Å². The second-order valence-electron chi connectivity index (χ2n) is 6.06. The first kappa shape index (κ1) is 16.0. The number of hydrogen-bond donors (Lipinski definition) is 2. The zero-order chi connectivity index (χ0) is 16.9. The monoisotopic (exact) mass is 327 g/mol. The summed E-state index contributed by atoms with van der Waals surface area (Å²) in [5.41, 5.74) is 6.83. The van der Waals surface area contributed by atoms with E-state index in [0.717, 1.165) is 18.5 Å². The van der Waals surface area contributed by atoms with Gasteiger partial charge in [-0.1, -0.05) is 18.2 Å². The number of aromatic nitrogens is 2. The topological polar surface area (TPSA) is 93.2 Å². The fourth-order valence-electron chi connectivity index (χ4n) is 3.01. The van der Waals surface area contributed by atoms with Crippen molar-refractivity contribution in [1.82, 2.24) is 14.7 Å². The molecule has 0 spiro atoms. The predicted octanol–water partition coefficient (Wildman–Crippen LogP) is 1.99. The summed E-state index contributed by atoms with van der Waals surface area (Å²) in [6.45, 7) is 1.25. The molecule has 0 bridgehead atoms. The van der Waals surface area contributed by atoms with Gasteiger partial charge in [-0.2, -0.15) is 5.10 Å². The summed E-state index contributed by atoms with van der Waals surface area (Å²) < 4.78 is 1.71. The summed E-state index contributed by atoms with van der Waals surface area (Å²) in [6, 6.07) is 9.52. The molecule has 2 aromatic rings. The van der Waals surface area contributed by atoms with Gasteiger partial charge in [-0.15, -0.1) is 0 Å². The molecule has 1 atom stereocenters. The molecule has 1 aliphatic rings. The third kappa shape index (κ3) is 3.92. The first-order chi connectivity index (χ1) is 11.6. The van der Waals surface area contributed by atoms with Gasteiger partial charge in [0, 0.05) is 19.5 Å². The number of rotatable bonds is 4. The van der Waals surface area contributed by atoms with E-state index >= 15 is 0 Å². The van der Waals surface area contributed by atoms with Gasteiger partial charge in [0.05, 0.1) is 23.8 Å². The molecule has 1 fully saturated rings. The molecule has 7 heteroatoms. The predicted molar refractivity (Wildman–Crippen MR) is 90.7 cm³/mol. The minimum Gasteiger partial charge on any atom is -0.370 e. The number of primary amides is 1. The molecule has 0 aliphatic carbocycles. The van der Waals surface area contributed by atoms with Crippen molar-refractivity contribution in [2.75, 3.05) is 18.4 Å². The third-order valence-corrected chi connectivity index (χ3v) is 4.15. The molecule has 3 rings (SSSR count). The quantitative estimate of drug-likeness (QED) is 0.899. The average molecular weight is 327 g/mol. The molecule has 1 saturated heterocycles. The van der Waals surface area contributed by atoms with Gasteiger partial charge in [-0.25, -0.2) is 9.48 Å². The number of carbonyl (C=O) groups is 2. The van der Waals surface area contributed by atoms with Crippen LogP contribution < -0.4 is 11.1 Å². The van der Waals surface area contributed by atoms with Crippen LogP contribution in [0.1, 0.15) is 19.3 Å². The van der Waals surface area contributed by atoms with Crippen molar-refractivity contribution in [1.29, 1.82) is 0 Å². The Kier molecular flexibility index (Phi) is 4.79. The second kappa shape index (κ2) is 7.16. The van der Waals surface area contributed by atoms with Crippen LogP contribution in [0.3, 0.4) is 0 Å². The maximum atomic E-state index is 12.4. The summed E-state index contributed by atoms with van der Waals surface area (Å²) in [5.74, 6) is -0.166. The third-order valence-electron chi connectivity index (χ3n) is 4.15. The Morgan fingerprint density at radius 1 is 1.29 bits per heavy atom. The molecule has 24 heavy (non-hydrogen) atoms. The van der Waals surface area contributed by atoms with Crippen LogP contribution in [0.5, 0.6) is 0 Å². The molecule has 0 radical (unpaired) electrons. The van der Waals surface area contributed by atoms with Crippen molar-refractivity contribution in [3.63, 3.8) is 0 Å². The number of amides is 3. The molecular weight excluding hydrogens is 306 g/mol. The summed E-state index contributed by atoms with van der Waals surface area (Å²) in [5, 5.41) is 7.12. The number of urea groups is 1. The van der Waals surface area contributed by atoms with Crippen LogP contribution in [0.15, 0.2) is 42.7 Å². The summed E-state index contributed by atoms with van der Waals surface area (Å²) in [4.78, 5) is 25.2. The van der Waals surface area contributed by atoms with Gasteiger partial charge in [0.2, 0.25) is 5.91 Å². The van der Waals surface area contributed by atoms with Crippen molar-refractivity contribution in [3.05, 3.63) is 42.7 Å². The van der Waals surface area contributed by atoms with Crippen molar-refractivity contribution in [2.24, 2.45) is 11.7 Å². The fraction of sp³-hybridized carbons (Fsp3) is 0.353. The molecule has 1 aromatic heterocycles. The lowest BCUT2D eigenvalue weighted by Gasteiger charge is -2.32. The van der Waals surface area contributed by atoms with E-state index in [1.807, 2.05) is 30.3 Å². The normalized spacial score (nSPS) is 17.5. The maximum absolute atomic E-state index is 12.4. The average Bonchev–Trinajstić information content (AvgIpc) is 3.04. The summed E-state index contributed by atoms with van der Waals surface area (Å²) >= 11 is 0. The molecule has 2 heterocycles. The van der Waals surface area contributed by atoms with E-state index in [-0.39, 0.29) is 17.9 Å². The van der Waals surface area contributed by atoms with Gasteiger partial charge in [0.25, 0.3) is 0 Å². The van der Waals surface area contributed by atoms with Gasteiger partial charge in [0.1, 0.15) is 0 Å². The van der Waals surface area contributed by atoms with Crippen LogP contribution >= 0.6 is 0 Å². The number of piperidine rings is 1. The highest BCUT2D eigenvalue weighted by molar-refractivity contribution is 5.89. The highest BCUT2D eigenvalue weighted by Gasteiger charge is 2.25. The lowest BCUT2D eigenvalue weighted by Crippen LogP contribution is -2.43. The van der Waals surface area contributed by atoms with Crippen molar-refractivity contribution < 1.29 is 9.59 Å². The maximum Gasteiger partial charge on any atom is 0.321 e. The number of nitrogens with one attached hydrogen (secondary N) is 1. The Bertz CT molecular complexity index is 713. The SMILES string of the molecule is NC(=O)CC1CCCN(C(=O)Nc2cnn(-c3ccccc3)c2)C1. The van der Waals surface area contributed by atoms with Gasteiger partial charge in [-0.05, 0) is 30.9 Å². The van der Waals surface area contributed by atoms with E-state index in [1.54, 1.807) is 22.0 Å². The lowest BCUT2D eigenvalue weighted by atomic mass is 9.95. The van der Waals surface area contributed by atoms with Crippen molar-refractivity contribution >= 4 is 17.6 Å². The Labute approximate surface area is 140 Å². The summed E-state index contributed by atoms with van der Waals surface area (Å²) in [7, 11) is 0. The Morgan fingerprint density at radius 3 is 2.83 bits per heavy atom. The van der Waals surface area contributed by atoms with Crippen LogP contribution in [-0.2, 0) is 4.79 Å². The van der Waals surface area contributed by atoms with E-state index in [9.17, 15) is 9.59 Å². The van der Waals surface area contributed by atoms with Gasteiger partial charge in [-0.3, -0.25) is 4.79 Å². The molecule has 126 valence electrons. The largest absolute Gasteiger partial charge is 0.370 e. The van der Waals surface area contributed by atoms with Gasteiger partial charge < -0.3 is 16.0 Å². The first-order valence-corrected chi connectivity index (χ1v) is 8.06. The zero-order valence-corrected chi connectivity index (χ0v) is 13.4. The first-order valence-electron chi connectivity index (χ1n) is 8.06. The number of anilines is 1. The smallest absolute Gasteiger partial charge is 0.321 e. The zero-order valence-electron chi connectivity index (χ0n) is 13.4. The number of benzene rings is 1. The van der Waals surface area contributed by atoms with E-state index in [0.29, 0.717) is 25.2 Å². The molecular formula is C17H21N5O2. The van der Waals surface area contributed by atoms with E-state index < -0.39 is 0 Å². The second-order valence-corrected chi connectivity index (χ2v) is 6.06. The molecule has 3 N–H and O–H groups in total. The van der Waals surface area contributed by atoms with Crippen LogP contribution in [0.2, 0.25) is 0 Å². The van der Waals surface area contributed by atoms with Crippen LogP contribution in [0.4, 0.5) is 10.5 Å².